The minimum atomic E-state index is -3.93. The van der Waals surface area contributed by atoms with Crippen molar-refractivity contribution in [1.82, 2.24) is 13.9 Å². The Bertz CT molecular complexity index is 1730. The largest absolute Gasteiger partial charge is 0.369 e. The third-order valence-electron chi connectivity index (χ3n) is 6.98. The van der Waals surface area contributed by atoms with Gasteiger partial charge in [-0.3, -0.25) is 4.79 Å². The molecular weight excluding hydrogens is 472 g/mol. The first-order valence-corrected chi connectivity index (χ1v) is 13.4. The molecule has 182 valence electrons. The van der Waals surface area contributed by atoms with E-state index in [0.29, 0.717) is 16.3 Å². The summed E-state index contributed by atoms with van der Waals surface area (Å²) in [5.41, 5.74) is 3.63. The summed E-state index contributed by atoms with van der Waals surface area (Å²) in [6, 6.07) is 23.7. The molecule has 0 spiro atoms. The quantitative estimate of drug-likeness (QED) is 0.403. The first-order chi connectivity index (χ1) is 17.4. The zero-order valence-corrected chi connectivity index (χ0v) is 20.7. The number of nitrogens with one attached hydrogen (secondary N) is 1. The van der Waals surface area contributed by atoms with Crippen LogP contribution in [0.25, 0.3) is 33.1 Å². The number of fused-ring (bicyclic) bond motifs is 3. The van der Waals surface area contributed by atoms with Crippen molar-refractivity contribution in [3.8, 4) is 11.1 Å². The average molecular weight is 499 g/mol. The Kier molecular flexibility index (Phi) is 5.43. The van der Waals surface area contributed by atoms with Gasteiger partial charge in [-0.25, -0.2) is 12.4 Å². The second-order valence-corrected chi connectivity index (χ2v) is 11.0. The summed E-state index contributed by atoms with van der Waals surface area (Å²) in [6.07, 6.45) is 1.48. The molecule has 0 unspecified atom stereocenters. The Morgan fingerprint density at radius 1 is 0.806 bits per heavy atom. The molecule has 1 fully saturated rings. The fourth-order valence-electron chi connectivity index (χ4n) is 4.98. The molecule has 8 heteroatoms. The normalized spacial score (nSPS) is 15.1. The van der Waals surface area contributed by atoms with Crippen LogP contribution < -0.4 is 10.3 Å². The molecule has 0 radical (unpaired) electrons. The van der Waals surface area contributed by atoms with Crippen molar-refractivity contribution in [2.24, 2.45) is 0 Å². The highest BCUT2D eigenvalue weighted by Crippen LogP contribution is 2.33. The number of benzene rings is 3. The molecule has 5 aromatic rings. The highest BCUT2D eigenvalue weighted by Gasteiger charge is 2.25. The SMILES string of the molecule is CN1CCN(c2ccc(-c3ccc4c(c3)c3c(=O)cc[nH]c3n4S(=O)(=O)c3ccccc3)cc2)CC1. The summed E-state index contributed by atoms with van der Waals surface area (Å²) in [7, 11) is -1.78. The first kappa shape index (κ1) is 22.6. The molecule has 0 amide bonds. The van der Waals surface area contributed by atoms with Gasteiger partial charge in [0.15, 0.2) is 5.43 Å². The summed E-state index contributed by atoms with van der Waals surface area (Å²) >= 11 is 0. The maximum absolute atomic E-state index is 13.6. The molecule has 1 N–H and O–H groups in total. The molecule has 1 aliphatic rings. The number of likely N-dealkylation sites (N-methyl/N-ethyl adjacent to an activating group) is 1. The van der Waals surface area contributed by atoms with Gasteiger partial charge in [-0.05, 0) is 54.6 Å². The van der Waals surface area contributed by atoms with Crippen LogP contribution in [0.1, 0.15) is 0 Å². The number of aromatic nitrogens is 2. The third kappa shape index (κ3) is 3.70. The molecule has 0 saturated carbocycles. The van der Waals surface area contributed by atoms with Crippen molar-refractivity contribution in [1.29, 1.82) is 0 Å². The highest BCUT2D eigenvalue weighted by atomic mass is 32.2. The van der Waals surface area contributed by atoms with Crippen molar-refractivity contribution in [2.45, 2.75) is 4.90 Å². The molecule has 36 heavy (non-hydrogen) atoms. The maximum atomic E-state index is 13.6. The fourth-order valence-corrected chi connectivity index (χ4v) is 6.49. The van der Waals surface area contributed by atoms with E-state index in [2.05, 4.69) is 46.1 Å². The van der Waals surface area contributed by atoms with Gasteiger partial charge in [-0.1, -0.05) is 36.4 Å². The van der Waals surface area contributed by atoms with Gasteiger partial charge >= 0.3 is 0 Å². The Morgan fingerprint density at radius 2 is 1.50 bits per heavy atom. The van der Waals surface area contributed by atoms with Gasteiger partial charge in [0, 0.05) is 49.5 Å². The van der Waals surface area contributed by atoms with E-state index in [1.807, 2.05) is 12.1 Å². The summed E-state index contributed by atoms with van der Waals surface area (Å²) < 4.78 is 28.5. The van der Waals surface area contributed by atoms with Gasteiger partial charge in [0.05, 0.1) is 15.8 Å². The number of rotatable bonds is 4. The van der Waals surface area contributed by atoms with Gasteiger partial charge in [0.1, 0.15) is 5.65 Å². The molecule has 3 heterocycles. The topological polar surface area (TPSA) is 78.4 Å². The molecule has 0 aliphatic carbocycles. The van der Waals surface area contributed by atoms with Crippen LogP contribution in [0, 0.1) is 0 Å². The van der Waals surface area contributed by atoms with Crippen LogP contribution in [-0.2, 0) is 10.0 Å². The van der Waals surface area contributed by atoms with E-state index in [4.69, 9.17) is 0 Å². The van der Waals surface area contributed by atoms with Crippen LogP contribution >= 0.6 is 0 Å². The Labute approximate surface area is 209 Å². The van der Waals surface area contributed by atoms with E-state index in [1.165, 1.54) is 21.9 Å². The molecular formula is C28H26N4O3S. The zero-order valence-electron chi connectivity index (χ0n) is 19.9. The van der Waals surface area contributed by atoms with Gasteiger partial charge in [-0.2, -0.15) is 0 Å². The third-order valence-corrected chi connectivity index (χ3v) is 8.70. The van der Waals surface area contributed by atoms with Gasteiger partial charge in [0.2, 0.25) is 0 Å². The van der Waals surface area contributed by atoms with Gasteiger partial charge in [-0.15, -0.1) is 0 Å². The minimum absolute atomic E-state index is 0.164. The van der Waals surface area contributed by atoms with Crippen molar-refractivity contribution >= 4 is 37.6 Å². The number of nitrogens with zero attached hydrogens (tertiary/aromatic N) is 3. The van der Waals surface area contributed by atoms with E-state index < -0.39 is 10.0 Å². The Hall–Kier alpha value is -3.88. The molecule has 0 bridgehead atoms. The van der Waals surface area contributed by atoms with E-state index in [-0.39, 0.29) is 16.0 Å². The number of aromatic amines is 1. The van der Waals surface area contributed by atoms with Crippen LogP contribution in [-0.4, -0.2) is 55.5 Å². The van der Waals surface area contributed by atoms with Crippen LogP contribution in [0.15, 0.2) is 94.7 Å². The lowest BCUT2D eigenvalue weighted by molar-refractivity contribution is 0.313. The van der Waals surface area contributed by atoms with Crippen LogP contribution in [0.4, 0.5) is 5.69 Å². The molecule has 3 aromatic carbocycles. The minimum Gasteiger partial charge on any atom is -0.369 e. The number of hydrogen-bond acceptors (Lipinski definition) is 5. The standard InChI is InChI=1S/C28H26N4O3S/c1-30-15-17-31(18-16-30)22-10-7-20(8-11-22)21-9-12-25-24(19-21)27-26(33)13-14-29-28(27)32(25)36(34,35)23-5-3-2-4-6-23/h2-14,19H,15-18H2,1H3,(H,29,33). The summed E-state index contributed by atoms with van der Waals surface area (Å²) in [5, 5.41) is 0.968. The Balaban J connectivity index is 1.48. The van der Waals surface area contributed by atoms with Crippen LogP contribution in [0.2, 0.25) is 0 Å². The van der Waals surface area contributed by atoms with Crippen LogP contribution in [0.3, 0.4) is 0 Å². The lowest BCUT2D eigenvalue weighted by Crippen LogP contribution is -2.44. The number of H-pyrrole nitrogens is 1. The molecule has 6 rings (SSSR count). The fraction of sp³-hybridized carbons (Fsp3) is 0.179. The number of piperazine rings is 1. The van der Waals surface area contributed by atoms with E-state index >= 15 is 0 Å². The molecule has 1 aliphatic heterocycles. The summed E-state index contributed by atoms with van der Waals surface area (Å²) in [5.74, 6) is 0. The first-order valence-electron chi connectivity index (χ1n) is 11.9. The second kappa shape index (κ2) is 8.65. The number of pyridine rings is 1. The van der Waals surface area contributed by atoms with E-state index in [0.717, 1.165) is 37.3 Å². The molecule has 7 nitrogen and oxygen atoms in total. The lowest BCUT2D eigenvalue weighted by atomic mass is 10.0. The number of hydrogen-bond donors (Lipinski definition) is 1. The summed E-state index contributed by atoms with van der Waals surface area (Å²) in [6.45, 7) is 4.09. The summed E-state index contributed by atoms with van der Waals surface area (Å²) in [4.78, 5) is 20.8. The molecule has 0 atom stereocenters. The van der Waals surface area contributed by atoms with Crippen molar-refractivity contribution in [2.75, 3.05) is 38.1 Å². The predicted octanol–water partition coefficient (Wildman–Crippen LogP) is 4.14. The Morgan fingerprint density at radius 3 is 2.22 bits per heavy atom. The van der Waals surface area contributed by atoms with Gasteiger partial charge in [0.25, 0.3) is 10.0 Å². The molecule has 1 saturated heterocycles. The smallest absolute Gasteiger partial charge is 0.269 e. The lowest BCUT2D eigenvalue weighted by Gasteiger charge is -2.34. The predicted molar refractivity (Wildman–Crippen MR) is 144 cm³/mol. The van der Waals surface area contributed by atoms with Crippen molar-refractivity contribution in [3.05, 3.63) is 95.3 Å². The molecule has 2 aromatic heterocycles. The number of anilines is 1. The second-order valence-electron chi connectivity index (χ2n) is 9.22. The van der Waals surface area contributed by atoms with E-state index in [9.17, 15) is 13.2 Å². The van der Waals surface area contributed by atoms with E-state index in [1.54, 1.807) is 36.4 Å². The van der Waals surface area contributed by atoms with Gasteiger partial charge < -0.3 is 14.8 Å². The average Bonchev–Trinajstić information content (AvgIpc) is 3.25. The maximum Gasteiger partial charge on any atom is 0.269 e. The van der Waals surface area contributed by atoms with Crippen molar-refractivity contribution in [3.63, 3.8) is 0 Å². The van der Waals surface area contributed by atoms with Crippen molar-refractivity contribution < 1.29 is 8.42 Å². The zero-order chi connectivity index (χ0) is 24.9. The van der Waals surface area contributed by atoms with Crippen LogP contribution in [0.5, 0.6) is 0 Å². The monoisotopic (exact) mass is 498 g/mol. The highest BCUT2D eigenvalue weighted by molar-refractivity contribution is 7.90.